The number of nitrogens with one attached hydrogen (secondary N) is 1. The smallest absolute Gasteiger partial charge is 0.258 e. The monoisotopic (exact) mass is 301 g/mol. The van der Waals surface area contributed by atoms with Gasteiger partial charge in [-0.3, -0.25) is 4.79 Å². The molecule has 0 aliphatic heterocycles. The summed E-state index contributed by atoms with van der Waals surface area (Å²) in [6.45, 7) is -0.0172. The lowest BCUT2D eigenvalue weighted by Gasteiger charge is -2.07. The largest absolute Gasteiger partial charge is 0.395 e. The molecule has 1 aromatic carbocycles. The fourth-order valence-electron chi connectivity index (χ4n) is 1.55. The van der Waals surface area contributed by atoms with Gasteiger partial charge in [-0.2, -0.15) is 0 Å². The van der Waals surface area contributed by atoms with Crippen LogP contribution in [-0.2, 0) is 0 Å². The summed E-state index contributed by atoms with van der Waals surface area (Å²) in [5.41, 5.74) is 1.47. The number of halogens is 1. The summed E-state index contributed by atoms with van der Waals surface area (Å²) in [6, 6.07) is 4.99. The first-order valence-electron chi connectivity index (χ1n) is 6.16. The predicted octanol–water partition coefficient (Wildman–Crippen LogP) is 2.12. The number of carbonyl (C=O) groups excluding carboxylic acids is 1. The molecule has 0 saturated heterocycles. The molecule has 2 N–H and O–H groups in total. The summed E-state index contributed by atoms with van der Waals surface area (Å²) in [6.07, 6.45) is 4.56. The van der Waals surface area contributed by atoms with Gasteiger partial charge in [-0.05, 0) is 18.2 Å². The van der Waals surface area contributed by atoms with Crippen LogP contribution in [0.4, 0.5) is 5.69 Å². The van der Waals surface area contributed by atoms with Crippen LogP contribution in [0.2, 0.25) is 5.02 Å². The molecule has 0 spiro atoms. The number of aliphatic hydroxyl groups excluding tert-OH is 1. The first-order valence-corrected chi connectivity index (χ1v) is 6.54. The summed E-state index contributed by atoms with van der Waals surface area (Å²) in [5.74, 6) is 5.34. The molecule has 1 amide bonds. The zero-order chi connectivity index (χ0) is 15.1. The highest BCUT2D eigenvalue weighted by atomic mass is 35.5. The van der Waals surface area contributed by atoms with Crippen molar-refractivity contribution in [1.29, 1.82) is 0 Å². The second-order valence-corrected chi connectivity index (χ2v) is 4.48. The maximum absolute atomic E-state index is 12.1. The lowest BCUT2D eigenvalue weighted by Crippen LogP contribution is -2.13. The van der Waals surface area contributed by atoms with Crippen LogP contribution in [-0.4, -0.2) is 27.6 Å². The number of amides is 1. The Bertz CT molecular complexity index is 693. The standard InChI is InChI=1S/C15H12ClN3O2/c16-13-4-5-14(11(7-13)3-1-2-6-20)19-15(21)12-8-17-10-18-9-12/h4-5,7-10,20H,2,6H2,(H,19,21). The fraction of sp³-hybridized carbons (Fsp3) is 0.133. The second kappa shape index (κ2) is 7.39. The number of benzene rings is 1. The highest BCUT2D eigenvalue weighted by Crippen LogP contribution is 2.20. The van der Waals surface area contributed by atoms with Crippen molar-refractivity contribution in [3.63, 3.8) is 0 Å². The summed E-state index contributed by atoms with van der Waals surface area (Å²) < 4.78 is 0. The number of nitrogens with zero attached hydrogens (tertiary/aromatic N) is 2. The molecule has 1 aromatic heterocycles. The number of aliphatic hydroxyl groups is 1. The van der Waals surface area contributed by atoms with Crippen LogP contribution in [0, 0.1) is 11.8 Å². The minimum Gasteiger partial charge on any atom is -0.395 e. The van der Waals surface area contributed by atoms with Crippen molar-refractivity contribution in [1.82, 2.24) is 9.97 Å². The van der Waals surface area contributed by atoms with Crippen molar-refractivity contribution in [3.05, 3.63) is 53.1 Å². The summed E-state index contributed by atoms with van der Waals surface area (Å²) in [4.78, 5) is 19.7. The van der Waals surface area contributed by atoms with E-state index in [1.54, 1.807) is 18.2 Å². The van der Waals surface area contributed by atoms with Crippen LogP contribution >= 0.6 is 11.6 Å². The van der Waals surface area contributed by atoms with E-state index in [4.69, 9.17) is 16.7 Å². The number of carbonyl (C=O) groups is 1. The van der Waals surface area contributed by atoms with Crippen molar-refractivity contribution in [2.24, 2.45) is 0 Å². The van der Waals surface area contributed by atoms with Gasteiger partial charge in [-0.15, -0.1) is 0 Å². The van der Waals surface area contributed by atoms with Crippen LogP contribution < -0.4 is 5.32 Å². The molecule has 0 aliphatic carbocycles. The molecule has 0 radical (unpaired) electrons. The van der Waals surface area contributed by atoms with Crippen LogP contribution in [0.1, 0.15) is 22.3 Å². The van der Waals surface area contributed by atoms with Gasteiger partial charge in [0.15, 0.2) is 0 Å². The van der Waals surface area contributed by atoms with Gasteiger partial charge < -0.3 is 10.4 Å². The van der Waals surface area contributed by atoms with E-state index in [-0.39, 0.29) is 12.5 Å². The van der Waals surface area contributed by atoms with Gasteiger partial charge in [-0.1, -0.05) is 23.4 Å². The van der Waals surface area contributed by atoms with E-state index in [0.29, 0.717) is 28.3 Å². The molecule has 6 heteroatoms. The molecule has 1 heterocycles. The minimum absolute atomic E-state index is 0.0172. The maximum atomic E-state index is 12.1. The highest BCUT2D eigenvalue weighted by molar-refractivity contribution is 6.30. The molecule has 2 rings (SSSR count). The third-order valence-corrected chi connectivity index (χ3v) is 2.75. The van der Waals surface area contributed by atoms with Crippen LogP contribution in [0.15, 0.2) is 36.9 Å². The number of rotatable bonds is 3. The first kappa shape index (κ1) is 15.0. The fourth-order valence-corrected chi connectivity index (χ4v) is 1.73. The molecule has 21 heavy (non-hydrogen) atoms. The van der Waals surface area contributed by atoms with Crippen molar-refractivity contribution in [2.45, 2.75) is 6.42 Å². The summed E-state index contributed by atoms with van der Waals surface area (Å²) in [7, 11) is 0. The molecule has 0 atom stereocenters. The van der Waals surface area contributed by atoms with Crippen molar-refractivity contribution >= 4 is 23.2 Å². The Morgan fingerprint density at radius 3 is 2.81 bits per heavy atom. The number of anilines is 1. The van der Waals surface area contributed by atoms with Crippen LogP contribution in [0.3, 0.4) is 0 Å². The van der Waals surface area contributed by atoms with E-state index >= 15 is 0 Å². The van der Waals surface area contributed by atoms with Gasteiger partial charge in [0.05, 0.1) is 17.9 Å². The lowest BCUT2D eigenvalue weighted by atomic mass is 10.1. The number of hydrogen-bond acceptors (Lipinski definition) is 4. The molecule has 5 nitrogen and oxygen atoms in total. The Labute approximate surface area is 127 Å². The quantitative estimate of drug-likeness (QED) is 0.852. The van der Waals surface area contributed by atoms with Crippen molar-refractivity contribution < 1.29 is 9.90 Å². The Balaban J connectivity index is 2.24. The topological polar surface area (TPSA) is 75.1 Å². The van der Waals surface area contributed by atoms with E-state index in [1.165, 1.54) is 18.7 Å². The Hall–Kier alpha value is -2.42. The Kier molecular flexibility index (Phi) is 5.27. The number of hydrogen-bond donors (Lipinski definition) is 2. The van der Waals surface area contributed by atoms with E-state index in [9.17, 15) is 4.79 Å². The average molecular weight is 302 g/mol. The molecule has 106 valence electrons. The molecule has 0 aliphatic rings. The van der Waals surface area contributed by atoms with Gasteiger partial charge in [0, 0.05) is 29.4 Å². The van der Waals surface area contributed by atoms with Crippen molar-refractivity contribution in [2.75, 3.05) is 11.9 Å². The van der Waals surface area contributed by atoms with E-state index in [1.807, 2.05) is 0 Å². The third-order valence-electron chi connectivity index (χ3n) is 2.51. The van der Waals surface area contributed by atoms with Gasteiger partial charge in [0.1, 0.15) is 6.33 Å². The molecule has 0 bridgehead atoms. The van der Waals surface area contributed by atoms with Gasteiger partial charge >= 0.3 is 0 Å². The molecular formula is C15H12ClN3O2. The zero-order valence-electron chi connectivity index (χ0n) is 11.0. The average Bonchev–Trinajstić information content (AvgIpc) is 2.51. The van der Waals surface area contributed by atoms with E-state index < -0.39 is 0 Å². The first-order chi connectivity index (χ1) is 10.2. The van der Waals surface area contributed by atoms with E-state index in [0.717, 1.165) is 0 Å². The normalized spacial score (nSPS) is 9.62. The van der Waals surface area contributed by atoms with E-state index in [2.05, 4.69) is 27.1 Å². The summed E-state index contributed by atoms with van der Waals surface area (Å²) in [5, 5.41) is 12.0. The van der Waals surface area contributed by atoms with Gasteiger partial charge in [-0.25, -0.2) is 9.97 Å². The number of aromatic nitrogens is 2. The molecular weight excluding hydrogens is 290 g/mol. The summed E-state index contributed by atoms with van der Waals surface area (Å²) >= 11 is 5.93. The predicted molar refractivity (Wildman–Crippen MR) is 80.0 cm³/mol. The molecule has 2 aromatic rings. The lowest BCUT2D eigenvalue weighted by molar-refractivity contribution is 0.102. The highest BCUT2D eigenvalue weighted by Gasteiger charge is 2.09. The molecule has 0 fully saturated rings. The Morgan fingerprint density at radius 1 is 1.33 bits per heavy atom. The van der Waals surface area contributed by atoms with Gasteiger partial charge in [0.25, 0.3) is 5.91 Å². The minimum atomic E-state index is -0.330. The second-order valence-electron chi connectivity index (χ2n) is 4.05. The van der Waals surface area contributed by atoms with Crippen LogP contribution in [0.25, 0.3) is 0 Å². The molecule has 0 unspecified atom stereocenters. The third kappa shape index (κ3) is 4.28. The van der Waals surface area contributed by atoms with Crippen LogP contribution in [0.5, 0.6) is 0 Å². The maximum Gasteiger partial charge on any atom is 0.258 e. The zero-order valence-corrected chi connectivity index (χ0v) is 11.8. The van der Waals surface area contributed by atoms with Gasteiger partial charge in [0.2, 0.25) is 0 Å². The molecule has 0 saturated carbocycles. The Morgan fingerprint density at radius 2 is 2.10 bits per heavy atom. The van der Waals surface area contributed by atoms with Crippen molar-refractivity contribution in [3.8, 4) is 11.8 Å². The SMILES string of the molecule is O=C(Nc1ccc(Cl)cc1C#CCCO)c1cncnc1.